The van der Waals surface area contributed by atoms with Crippen molar-refractivity contribution in [2.45, 2.75) is 20.4 Å². The van der Waals surface area contributed by atoms with Crippen molar-refractivity contribution in [3.8, 4) is 11.5 Å². The number of thiocarbonyl (C=S) groups is 1. The molecule has 0 saturated heterocycles. The molecular formula is C12H19N3O2S. The van der Waals surface area contributed by atoms with E-state index in [1.54, 1.807) is 0 Å². The minimum absolute atomic E-state index is 0.145. The number of nitrogens with zero attached hydrogens (tertiary/aromatic N) is 1. The van der Waals surface area contributed by atoms with Crippen molar-refractivity contribution in [1.29, 1.82) is 0 Å². The summed E-state index contributed by atoms with van der Waals surface area (Å²) in [6.45, 7) is 5.44. The van der Waals surface area contributed by atoms with Gasteiger partial charge in [-0.25, -0.2) is 5.84 Å². The van der Waals surface area contributed by atoms with E-state index in [-0.39, 0.29) is 5.11 Å². The van der Waals surface area contributed by atoms with E-state index in [9.17, 15) is 0 Å². The average molecular weight is 269 g/mol. The highest BCUT2D eigenvalue weighted by atomic mass is 32.1. The molecule has 1 aromatic rings. The molecule has 0 fully saturated rings. The van der Waals surface area contributed by atoms with E-state index >= 15 is 0 Å². The molecule has 0 amide bonds. The van der Waals surface area contributed by atoms with Crippen molar-refractivity contribution in [3.63, 3.8) is 0 Å². The Hall–Kier alpha value is -1.53. The molecule has 0 heterocycles. The van der Waals surface area contributed by atoms with Crippen molar-refractivity contribution in [2.24, 2.45) is 11.6 Å². The Morgan fingerprint density at radius 3 is 2.50 bits per heavy atom. The van der Waals surface area contributed by atoms with Crippen LogP contribution in [-0.2, 0) is 6.54 Å². The maximum Gasteiger partial charge on any atom is 0.180 e. The maximum absolute atomic E-state index is 5.69. The lowest BCUT2D eigenvalue weighted by Crippen LogP contribution is -2.40. The summed E-state index contributed by atoms with van der Waals surface area (Å²) in [4.78, 5) is 0. The van der Waals surface area contributed by atoms with Gasteiger partial charge in [0.05, 0.1) is 19.8 Å². The Kier molecular flexibility index (Phi) is 5.67. The van der Waals surface area contributed by atoms with E-state index in [2.05, 4.69) is 0 Å². The van der Waals surface area contributed by atoms with Crippen LogP contribution in [0, 0.1) is 0 Å². The van der Waals surface area contributed by atoms with Crippen molar-refractivity contribution in [2.75, 3.05) is 13.2 Å². The fourth-order valence-corrected chi connectivity index (χ4v) is 1.54. The van der Waals surface area contributed by atoms with Gasteiger partial charge in [0.1, 0.15) is 11.5 Å². The number of benzene rings is 1. The summed E-state index contributed by atoms with van der Waals surface area (Å²) >= 11 is 4.81. The molecule has 18 heavy (non-hydrogen) atoms. The van der Waals surface area contributed by atoms with Crippen LogP contribution in [0.2, 0.25) is 0 Å². The van der Waals surface area contributed by atoms with Gasteiger partial charge >= 0.3 is 0 Å². The van der Waals surface area contributed by atoms with Gasteiger partial charge in [0.15, 0.2) is 5.11 Å². The molecule has 0 saturated carbocycles. The average Bonchev–Trinajstić information content (AvgIpc) is 2.33. The number of rotatable bonds is 6. The normalized spacial score (nSPS) is 9.94. The number of hydrogen-bond acceptors (Lipinski definition) is 4. The van der Waals surface area contributed by atoms with Crippen LogP contribution < -0.4 is 21.1 Å². The van der Waals surface area contributed by atoms with Gasteiger partial charge in [0, 0.05) is 11.6 Å². The van der Waals surface area contributed by atoms with Gasteiger partial charge in [-0.3, -0.25) is 5.01 Å². The monoisotopic (exact) mass is 269 g/mol. The zero-order valence-corrected chi connectivity index (χ0v) is 11.5. The fourth-order valence-electron chi connectivity index (χ4n) is 1.47. The third-order valence-electron chi connectivity index (χ3n) is 2.27. The van der Waals surface area contributed by atoms with Crippen LogP contribution in [0.3, 0.4) is 0 Å². The highest BCUT2D eigenvalue weighted by molar-refractivity contribution is 7.80. The number of hydrazine groups is 1. The van der Waals surface area contributed by atoms with Gasteiger partial charge in [0.2, 0.25) is 0 Å². The first kappa shape index (κ1) is 14.5. The standard InChI is InChI=1S/C12H19N3O2S/c1-3-16-10-6-5-9(8-15(14)12(13)18)11(7-10)17-4-2/h5-7H,3-4,8,14H2,1-2H3,(H2,13,18). The lowest BCUT2D eigenvalue weighted by molar-refractivity contribution is 0.316. The smallest absolute Gasteiger partial charge is 0.180 e. The van der Waals surface area contributed by atoms with Crippen LogP contribution in [-0.4, -0.2) is 23.3 Å². The first-order chi connectivity index (χ1) is 8.58. The van der Waals surface area contributed by atoms with Crippen LogP contribution in [0.1, 0.15) is 19.4 Å². The first-order valence-corrected chi connectivity index (χ1v) is 6.19. The third kappa shape index (κ3) is 4.05. The van der Waals surface area contributed by atoms with Crippen LogP contribution in [0.5, 0.6) is 11.5 Å². The lowest BCUT2D eigenvalue weighted by atomic mass is 10.2. The summed E-state index contributed by atoms with van der Waals surface area (Å²) in [6.07, 6.45) is 0. The predicted octanol–water partition coefficient (Wildman–Crippen LogP) is 1.40. The second kappa shape index (κ2) is 7.03. The van der Waals surface area contributed by atoms with E-state index in [1.807, 2.05) is 32.0 Å². The topological polar surface area (TPSA) is 73.7 Å². The van der Waals surface area contributed by atoms with Gasteiger partial charge in [0.25, 0.3) is 0 Å². The van der Waals surface area contributed by atoms with Crippen LogP contribution in [0.4, 0.5) is 0 Å². The maximum atomic E-state index is 5.69. The minimum atomic E-state index is 0.145. The van der Waals surface area contributed by atoms with E-state index < -0.39 is 0 Å². The molecule has 0 aliphatic rings. The zero-order chi connectivity index (χ0) is 13.5. The van der Waals surface area contributed by atoms with Gasteiger partial charge in [-0.1, -0.05) is 0 Å². The molecule has 0 radical (unpaired) electrons. The molecule has 0 atom stereocenters. The van der Waals surface area contributed by atoms with E-state index in [1.165, 1.54) is 5.01 Å². The largest absolute Gasteiger partial charge is 0.494 e. The molecule has 0 spiro atoms. The Morgan fingerprint density at radius 1 is 1.28 bits per heavy atom. The SMILES string of the molecule is CCOc1ccc(CN(N)C(N)=S)c(OCC)c1. The molecule has 0 unspecified atom stereocenters. The summed E-state index contributed by atoms with van der Waals surface area (Å²) in [5.41, 5.74) is 6.36. The summed E-state index contributed by atoms with van der Waals surface area (Å²) in [7, 11) is 0. The fraction of sp³-hybridized carbons (Fsp3) is 0.417. The van der Waals surface area contributed by atoms with Gasteiger partial charge in [-0.2, -0.15) is 0 Å². The summed E-state index contributed by atoms with van der Waals surface area (Å²) in [5.74, 6) is 7.19. The van der Waals surface area contributed by atoms with Crippen molar-refractivity contribution in [1.82, 2.24) is 5.01 Å². The second-order valence-corrected chi connectivity index (χ2v) is 4.02. The molecule has 0 aliphatic heterocycles. The summed E-state index contributed by atoms with van der Waals surface area (Å²) < 4.78 is 11.0. The molecule has 0 aromatic heterocycles. The molecule has 1 rings (SSSR count). The molecule has 4 N–H and O–H groups in total. The molecule has 5 nitrogen and oxygen atoms in total. The molecule has 100 valence electrons. The summed E-state index contributed by atoms with van der Waals surface area (Å²) in [6, 6.07) is 5.61. The summed E-state index contributed by atoms with van der Waals surface area (Å²) in [5, 5.41) is 1.44. The van der Waals surface area contributed by atoms with E-state index in [4.69, 9.17) is 33.3 Å². The molecule has 1 aromatic carbocycles. The van der Waals surface area contributed by atoms with Crippen molar-refractivity contribution >= 4 is 17.3 Å². The first-order valence-electron chi connectivity index (χ1n) is 5.78. The van der Waals surface area contributed by atoms with Crippen molar-refractivity contribution in [3.05, 3.63) is 23.8 Å². The lowest BCUT2D eigenvalue weighted by Gasteiger charge is -2.19. The molecular weight excluding hydrogens is 250 g/mol. The quantitative estimate of drug-likeness (QED) is 0.462. The van der Waals surface area contributed by atoms with Crippen LogP contribution >= 0.6 is 12.2 Å². The Balaban J connectivity index is 2.91. The molecule has 0 aliphatic carbocycles. The Morgan fingerprint density at radius 2 is 1.94 bits per heavy atom. The number of ether oxygens (including phenoxy) is 2. The minimum Gasteiger partial charge on any atom is -0.494 e. The molecule has 6 heteroatoms. The second-order valence-electron chi connectivity index (χ2n) is 3.60. The van der Waals surface area contributed by atoms with Crippen LogP contribution in [0.15, 0.2) is 18.2 Å². The third-order valence-corrected chi connectivity index (χ3v) is 2.51. The van der Waals surface area contributed by atoms with Gasteiger partial charge in [-0.15, -0.1) is 0 Å². The van der Waals surface area contributed by atoms with Crippen LogP contribution in [0.25, 0.3) is 0 Å². The number of nitrogens with two attached hydrogens (primary N) is 2. The highest BCUT2D eigenvalue weighted by Crippen LogP contribution is 2.25. The highest BCUT2D eigenvalue weighted by Gasteiger charge is 2.09. The predicted molar refractivity (Wildman–Crippen MR) is 75.3 cm³/mol. The Bertz CT molecular complexity index is 412. The van der Waals surface area contributed by atoms with E-state index in [0.29, 0.717) is 19.8 Å². The van der Waals surface area contributed by atoms with E-state index in [0.717, 1.165) is 17.1 Å². The van der Waals surface area contributed by atoms with Gasteiger partial charge in [-0.05, 0) is 38.2 Å². The number of hydrogen-bond donors (Lipinski definition) is 2. The van der Waals surface area contributed by atoms with Gasteiger partial charge < -0.3 is 15.2 Å². The van der Waals surface area contributed by atoms with Crippen molar-refractivity contribution < 1.29 is 9.47 Å². The molecule has 0 bridgehead atoms. The zero-order valence-electron chi connectivity index (χ0n) is 10.7. The Labute approximate surface area is 113 Å².